The first-order valence-electron chi connectivity index (χ1n) is 8.39. The van der Waals surface area contributed by atoms with Gasteiger partial charge in [-0.1, -0.05) is 42.5 Å². The minimum atomic E-state index is 0.0396. The molecule has 2 aromatic heterocycles. The number of nitrogens with zero attached hydrogens (tertiary/aromatic N) is 3. The molecule has 0 unspecified atom stereocenters. The van der Waals surface area contributed by atoms with Gasteiger partial charge in [0.15, 0.2) is 0 Å². The number of hydrogen-bond acceptors (Lipinski definition) is 3. The van der Waals surface area contributed by atoms with E-state index in [0.29, 0.717) is 13.1 Å². The predicted octanol–water partition coefficient (Wildman–Crippen LogP) is 4.30. The van der Waals surface area contributed by atoms with E-state index < -0.39 is 0 Å². The van der Waals surface area contributed by atoms with E-state index in [0.717, 1.165) is 32.2 Å². The van der Waals surface area contributed by atoms with Gasteiger partial charge in [0.25, 0.3) is 0 Å². The van der Waals surface area contributed by atoms with Crippen molar-refractivity contribution in [3.63, 3.8) is 0 Å². The van der Waals surface area contributed by atoms with E-state index in [1.54, 1.807) is 11.3 Å². The Bertz CT molecular complexity index is 1090. The van der Waals surface area contributed by atoms with Gasteiger partial charge in [0.2, 0.25) is 0 Å². The van der Waals surface area contributed by atoms with E-state index in [4.69, 9.17) is 4.98 Å². The second-order valence-electron chi connectivity index (χ2n) is 6.00. The first-order valence-corrected chi connectivity index (χ1v) is 9.20. The third kappa shape index (κ3) is 2.70. The Labute approximate surface area is 150 Å². The summed E-state index contributed by atoms with van der Waals surface area (Å²) in [5.74, 6) is 0. The summed E-state index contributed by atoms with van der Waals surface area (Å²) < 4.78 is 3.68. The highest BCUT2D eigenvalue weighted by molar-refractivity contribution is 7.15. The van der Waals surface area contributed by atoms with Gasteiger partial charge in [0.05, 0.1) is 23.3 Å². The first-order chi connectivity index (χ1) is 12.2. The lowest BCUT2D eigenvalue weighted by atomic mass is 10.2. The van der Waals surface area contributed by atoms with Crippen LogP contribution in [0.2, 0.25) is 0 Å². The van der Waals surface area contributed by atoms with Crippen LogP contribution in [-0.4, -0.2) is 14.1 Å². The van der Waals surface area contributed by atoms with Crippen LogP contribution in [0.4, 0.5) is 0 Å². The SMILES string of the molecule is CCn1c(=O)n(Cc2sc(-c3ccccc3)nc2C)c2ccccc21. The number of thiazole rings is 1. The Kier molecular flexibility index (Phi) is 4.01. The minimum absolute atomic E-state index is 0.0396. The molecule has 2 heterocycles. The topological polar surface area (TPSA) is 39.8 Å². The van der Waals surface area contributed by atoms with Crippen LogP contribution in [0.15, 0.2) is 59.4 Å². The summed E-state index contributed by atoms with van der Waals surface area (Å²) in [6, 6.07) is 18.1. The smallest absolute Gasteiger partial charge is 0.292 e. The molecule has 0 amide bonds. The molecule has 0 aliphatic heterocycles. The summed E-state index contributed by atoms with van der Waals surface area (Å²) in [6.07, 6.45) is 0. The van der Waals surface area contributed by atoms with Crippen LogP contribution in [-0.2, 0) is 13.1 Å². The number of aromatic nitrogens is 3. The summed E-state index contributed by atoms with van der Waals surface area (Å²) >= 11 is 1.66. The normalized spacial score (nSPS) is 11.3. The molecule has 0 N–H and O–H groups in total. The lowest BCUT2D eigenvalue weighted by Gasteiger charge is -2.01. The number of fused-ring (bicyclic) bond motifs is 1. The van der Waals surface area contributed by atoms with Crippen LogP contribution in [0, 0.1) is 6.92 Å². The first kappa shape index (κ1) is 15.8. The lowest BCUT2D eigenvalue weighted by Crippen LogP contribution is -2.24. The fourth-order valence-electron chi connectivity index (χ4n) is 3.15. The lowest BCUT2D eigenvalue weighted by molar-refractivity contribution is 0.686. The molecule has 5 heteroatoms. The van der Waals surface area contributed by atoms with Crippen LogP contribution in [0.5, 0.6) is 0 Å². The molecule has 4 nitrogen and oxygen atoms in total. The zero-order valence-corrected chi connectivity index (χ0v) is 15.1. The van der Waals surface area contributed by atoms with Gasteiger partial charge in [-0.3, -0.25) is 9.13 Å². The maximum absolute atomic E-state index is 12.8. The van der Waals surface area contributed by atoms with Crippen molar-refractivity contribution in [2.75, 3.05) is 0 Å². The quantitative estimate of drug-likeness (QED) is 0.551. The van der Waals surface area contributed by atoms with E-state index in [2.05, 4.69) is 12.1 Å². The van der Waals surface area contributed by atoms with Crippen molar-refractivity contribution in [2.24, 2.45) is 0 Å². The molecule has 0 radical (unpaired) electrons. The van der Waals surface area contributed by atoms with E-state index in [9.17, 15) is 4.79 Å². The highest BCUT2D eigenvalue weighted by Gasteiger charge is 2.15. The molecule has 0 fully saturated rings. The van der Waals surface area contributed by atoms with E-state index in [1.165, 1.54) is 0 Å². The molecule has 0 spiro atoms. The van der Waals surface area contributed by atoms with Crippen LogP contribution < -0.4 is 5.69 Å². The van der Waals surface area contributed by atoms with E-state index >= 15 is 0 Å². The largest absolute Gasteiger partial charge is 0.329 e. The van der Waals surface area contributed by atoms with Crippen molar-refractivity contribution in [1.82, 2.24) is 14.1 Å². The van der Waals surface area contributed by atoms with Gasteiger partial charge < -0.3 is 0 Å². The van der Waals surface area contributed by atoms with Crippen molar-refractivity contribution < 1.29 is 0 Å². The molecular weight excluding hydrogens is 330 g/mol. The second-order valence-corrected chi connectivity index (χ2v) is 7.08. The van der Waals surface area contributed by atoms with Gasteiger partial charge >= 0.3 is 5.69 Å². The van der Waals surface area contributed by atoms with Gasteiger partial charge in [-0.2, -0.15) is 0 Å². The van der Waals surface area contributed by atoms with Gasteiger partial charge in [-0.05, 0) is 26.0 Å². The van der Waals surface area contributed by atoms with Crippen LogP contribution >= 0.6 is 11.3 Å². The Morgan fingerprint density at radius 3 is 2.28 bits per heavy atom. The van der Waals surface area contributed by atoms with Gasteiger partial charge in [-0.25, -0.2) is 9.78 Å². The van der Waals surface area contributed by atoms with Crippen molar-refractivity contribution in [2.45, 2.75) is 26.9 Å². The molecule has 0 saturated heterocycles. The fourth-order valence-corrected chi connectivity index (χ4v) is 4.21. The maximum Gasteiger partial charge on any atom is 0.329 e. The van der Waals surface area contributed by atoms with Crippen molar-refractivity contribution in [1.29, 1.82) is 0 Å². The summed E-state index contributed by atoms with van der Waals surface area (Å²) in [7, 11) is 0. The van der Waals surface area contributed by atoms with Crippen molar-refractivity contribution >= 4 is 22.4 Å². The predicted molar refractivity (Wildman–Crippen MR) is 103 cm³/mol. The van der Waals surface area contributed by atoms with Crippen LogP contribution in [0.3, 0.4) is 0 Å². The summed E-state index contributed by atoms with van der Waals surface area (Å²) in [5.41, 5.74) is 4.11. The number of para-hydroxylation sites is 2. The molecule has 0 atom stereocenters. The third-order valence-electron chi connectivity index (χ3n) is 4.46. The third-order valence-corrected chi connectivity index (χ3v) is 5.65. The Morgan fingerprint density at radius 2 is 1.60 bits per heavy atom. The van der Waals surface area contributed by atoms with Crippen molar-refractivity contribution in [3.8, 4) is 10.6 Å². The van der Waals surface area contributed by atoms with E-state index in [-0.39, 0.29) is 5.69 Å². The molecule has 4 rings (SSSR count). The molecule has 126 valence electrons. The number of imidazole rings is 1. The standard InChI is InChI=1S/C20H19N3OS/c1-3-22-16-11-7-8-12-17(16)23(20(22)24)13-18-14(2)21-19(25-18)15-9-5-4-6-10-15/h4-12H,3,13H2,1-2H3. The number of hydrogen-bond donors (Lipinski definition) is 0. The summed E-state index contributed by atoms with van der Waals surface area (Å²) in [6.45, 7) is 5.25. The van der Waals surface area contributed by atoms with Crippen LogP contribution in [0.25, 0.3) is 21.6 Å². The molecule has 4 aromatic rings. The zero-order chi connectivity index (χ0) is 17.4. The zero-order valence-electron chi connectivity index (χ0n) is 14.3. The second kappa shape index (κ2) is 6.33. The monoisotopic (exact) mass is 349 g/mol. The van der Waals surface area contributed by atoms with Gasteiger partial charge in [0.1, 0.15) is 5.01 Å². The molecule has 0 saturated carbocycles. The average molecular weight is 349 g/mol. The molecule has 25 heavy (non-hydrogen) atoms. The molecule has 0 bridgehead atoms. The summed E-state index contributed by atoms with van der Waals surface area (Å²) in [4.78, 5) is 18.7. The molecule has 2 aromatic carbocycles. The van der Waals surface area contributed by atoms with Crippen LogP contribution in [0.1, 0.15) is 17.5 Å². The Balaban J connectivity index is 1.79. The number of aryl methyl sites for hydroxylation is 2. The van der Waals surface area contributed by atoms with Gasteiger partial charge in [-0.15, -0.1) is 11.3 Å². The Morgan fingerprint density at radius 1 is 0.960 bits per heavy atom. The molecular formula is C20H19N3OS. The number of benzene rings is 2. The van der Waals surface area contributed by atoms with E-state index in [1.807, 2.05) is 65.4 Å². The molecule has 0 aliphatic rings. The average Bonchev–Trinajstić information content (AvgIpc) is 3.14. The fraction of sp³-hybridized carbons (Fsp3) is 0.200. The summed E-state index contributed by atoms with van der Waals surface area (Å²) in [5, 5.41) is 1.00. The van der Waals surface area contributed by atoms with Crippen molar-refractivity contribution in [3.05, 3.63) is 75.7 Å². The molecule has 0 aliphatic carbocycles. The van der Waals surface area contributed by atoms with Gasteiger partial charge in [0, 0.05) is 17.0 Å². The highest BCUT2D eigenvalue weighted by atomic mass is 32.1. The maximum atomic E-state index is 12.8. The number of rotatable bonds is 4. The Hall–Kier alpha value is -2.66. The highest BCUT2D eigenvalue weighted by Crippen LogP contribution is 2.28. The minimum Gasteiger partial charge on any atom is -0.292 e.